The molecule has 0 spiro atoms. The molecule has 0 aliphatic heterocycles. The summed E-state index contributed by atoms with van der Waals surface area (Å²) in [7, 11) is 0. The predicted octanol–water partition coefficient (Wildman–Crippen LogP) is 2.23. The highest BCUT2D eigenvalue weighted by molar-refractivity contribution is 5.23. The maximum Gasteiger partial charge on any atom is 0.120 e. The summed E-state index contributed by atoms with van der Waals surface area (Å²) < 4.78 is 1.93. The van der Waals surface area contributed by atoms with Crippen molar-refractivity contribution in [1.29, 1.82) is 5.26 Å². The standard InChI is InChI=1S/C12H16N2O/c13-9-10-5-4-8-14(10)11-6-2-1-3-7-12(11)15/h4-5,8,11-12,15H,1-3,6-7H2. The van der Waals surface area contributed by atoms with Gasteiger partial charge in [-0.1, -0.05) is 19.3 Å². The van der Waals surface area contributed by atoms with E-state index in [0.29, 0.717) is 5.69 Å². The van der Waals surface area contributed by atoms with E-state index in [1.54, 1.807) is 6.07 Å². The van der Waals surface area contributed by atoms with Crippen molar-refractivity contribution in [3.63, 3.8) is 0 Å². The largest absolute Gasteiger partial charge is 0.391 e. The third kappa shape index (κ3) is 2.05. The highest BCUT2D eigenvalue weighted by Gasteiger charge is 2.23. The lowest BCUT2D eigenvalue weighted by atomic mass is 10.1. The van der Waals surface area contributed by atoms with Crippen molar-refractivity contribution in [2.75, 3.05) is 0 Å². The Kier molecular flexibility index (Phi) is 3.08. The van der Waals surface area contributed by atoms with Gasteiger partial charge < -0.3 is 9.67 Å². The molecule has 1 saturated carbocycles. The molecule has 2 rings (SSSR count). The molecule has 1 aromatic rings. The molecule has 1 heterocycles. The first-order valence-electron chi connectivity index (χ1n) is 5.58. The second kappa shape index (κ2) is 4.50. The predicted molar refractivity (Wildman–Crippen MR) is 57.3 cm³/mol. The molecule has 1 aliphatic carbocycles. The first kappa shape index (κ1) is 10.3. The molecule has 2 unspecified atom stereocenters. The summed E-state index contributed by atoms with van der Waals surface area (Å²) in [6, 6.07) is 5.93. The third-order valence-corrected chi connectivity index (χ3v) is 3.19. The van der Waals surface area contributed by atoms with Gasteiger partial charge in [-0.2, -0.15) is 5.26 Å². The topological polar surface area (TPSA) is 49.0 Å². The molecule has 1 aromatic heterocycles. The second-order valence-corrected chi connectivity index (χ2v) is 4.19. The lowest BCUT2D eigenvalue weighted by Gasteiger charge is -2.22. The van der Waals surface area contributed by atoms with Gasteiger partial charge in [0.05, 0.1) is 12.1 Å². The van der Waals surface area contributed by atoms with Crippen molar-refractivity contribution in [1.82, 2.24) is 4.57 Å². The lowest BCUT2D eigenvalue weighted by Crippen LogP contribution is -2.23. The molecule has 1 fully saturated rings. The van der Waals surface area contributed by atoms with Crippen LogP contribution in [0.15, 0.2) is 18.3 Å². The van der Waals surface area contributed by atoms with Gasteiger partial charge in [0, 0.05) is 6.20 Å². The molecule has 1 N–H and O–H groups in total. The maximum atomic E-state index is 10.0. The zero-order valence-corrected chi connectivity index (χ0v) is 8.76. The van der Waals surface area contributed by atoms with Gasteiger partial charge in [0.15, 0.2) is 0 Å². The fraction of sp³-hybridized carbons (Fsp3) is 0.583. The van der Waals surface area contributed by atoms with E-state index in [-0.39, 0.29) is 12.1 Å². The van der Waals surface area contributed by atoms with Crippen LogP contribution in [0.5, 0.6) is 0 Å². The van der Waals surface area contributed by atoms with Crippen molar-refractivity contribution in [3.8, 4) is 6.07 Å². The van der Waals surface area contributed by atoms with E-state index < -0.39 is 0 Å². The Balaban J connectivity index is 2.24. The molecule has 2 atom stereocenters. The molecule has 80 valence electrons. The van der Waals surface area contributed by atoms with E-state index >= 15 is 0 Å². The van der Waals surface area contributed by atoms with Crippen molar-refractivity contribution >= 4 is 0 Å². The Bertz CT molecular complexity index is 364. The first-order chi connectivity index (χ1) is 7.33. The van der Waals surface area contributed by atoms with Gasteiger partial charge in [-0.05, 0) is 25.0 Å². The molecule has 0 saturated heterocycles. The fourth-order valence-corrected chi connectivity index (χ4v) is 2.37. The Morgan fingerprint density at radius 3 is 2.93 bits per heavy atom. The van der Waals surface area contributed by atoms with Gasteiger partial charge in [0.25, 0.3) is 0 Å². The first-order valence-corrected chi connectivity index (χ1v) is 5.58. The van der Waals surface area contributed by atoms with Crippen LogP contribution in [0.3, 0.4) is 0 Å². The van der Waals surface area contributed by atoms with Crippen molar-refractivity contribution in [2.45, 2.75) is 44.2 Å². The smallest absolute Gasteiger partial charge is 0.120 e. The van der Waals surface area contributed by atoms with Crippen molar-refractivity contribution in [2.24, 2.45) is 0 Å². The van der Waals surface area contributed by atoms with E-state index in [1.807, 2.05) is 16.8 Å². The number of hydrogen-bond donors (Lipinski definition) is 1. The van der Waals surface area contributed by atoms with E-state index in [4.69, 9.17) is 5.26 Å². The SMILES string of the molecule is N#Cc1cccn1C1CCCCCC1O. The van der Waals surface area contributed by atoms with Crippen LogP contribution >= 0.6 is 0 Å². The molecular formula is C12H16N2O. The summed E-state index contributed by atoms with van der Waals surface area (Å²) in [5.74, 6) is 0. The summed E-state index contributed by atoms with van der Waals surface area (Å²) in [6.07, 6.45) is 6.87. The van der Waals surface area contributed by atoms with Gasteiger partial charge in [0.1, 0.15) is 11.8 Å². The zero-order chi connectivity index (χ0) is 10.7. The summed E-state index contributed by atoms with van der Waals surface area (Å²) in [5, 5.41) is 19.0. The summed E-state index contributed by atoms with van der Waals surface area (Å²) >= 11 is 0. The molecule has 15 heavy (non-hydrogen) atoms. The van der Waals surface area contributed by atoms with Crippen LogP contribution in [-0.2, 0) is 0 Å². The van der Waals surface area contributed by atoms with Crippen LogP contribution in [0.2, 0.25) is 0 Å². The van der Waals surface area contributed by atoms with Gasteiger partial charge in [-0.25, -0.2) is 0 Å². The Morgan fingerprint density at radius 1 is 1.33 bits per heavy atom. The van der Waals surface area contributed by atoms with Crippen LogP contribution in [0.1, 0.15) is 43.8 Å². The highest BCUT2D eigenvalue weighted by Crippen LogP contribution is 2.28. The van der Waals surface area contributed by atoms with Crippen LogP contribution in [0.25, 0.3) is 0 Å². The second-order valence-electron chi connectivity index (χ2n) is 4.19. The average molecular weight is 204 g/mol. The fourth-order valence-electron chi connectivity index (χ4n) is 2.37. The molecule has 1 aliphatic rings. The molecule has 0 radical (unpaired) electrons. The number of nitrogens with zero attached hydrogens (tertiary/aromatic N) is 2. The number of nitriles is 1. The van der Waals surface area contributed by atoms with E-state index in [1.165, 1.54) is 6.42 Å². The van der Waals surface area contributed by atoms with Crippen molar-refractivity contribution in [3.05, 3.63) is 24.0 Å². The number of aromatic nitrogens is 1. The Hall–Kier alpha value is -1.27. The average Bonchev–Trinajstić information content (AvgIpc) is 2.61. The van der Waals surface area contributed by atoms with E-state index in [2.05, 4.69) is 6.07 Å². The molecule has 0 amide bonds. The van der Waals surface area contributed by atoms with Gasteiger partial charge >= 0.3 is 0 Å². The summed E-state index contributed by atoms with van der Waals surface area (Å²) in [4.78, 5) is 0. The summed E-state index contributed by atoms with van der Waals surface area (Å²) in [5.41, 5.74) is 0.654. The number of rotatable bonds is 1. The normalized spacial score (nSPS) is 26.9. The minimum atomic E-state index is -0.299. The molecular weight excluding hydrogens is 188 g/mol. The Morgan fingerprint density at radius 2 is 2.13 bits per heavy atom. The number of aliphatic hydroxyl groups excluding tert-OH is 1. The van der Waals surface area contributed by atoms with Gasteiger partial charge in [-0.15, -0.1) is 0 Å². The number of hydrogen-bond acceptors (Lipinski definition) is 2. The van der Waals surface area contributed by atoms with Crippen LogP contribution < -0.4 is 0 Å². The summed E-state index contributed by atoms with van der Waals surface area (Å²) in [6.45, 7) is 0. The van der Waals surface area contributed by atoms with Crippen LogP contribution in [0, 0.1) is 11.3 Å². The van der Waals surface area contributed by atoms with Gasteiger partial charge in [-0.3, -0.25) is 0 Å². The quantitative estimate of drug-likeness (QED) is 0.713. The third-order valence-electron chi connectivity index (χ3n) is 3.19. The minimum Gasteiger partial charge on any atom is -0.391 e. The monoisotopic (exact) mass is 204 g/mol. The van der Waals surface area contributed by atoms with E-state index in [0.717, 1.165) is 25.7 Å². The Labute approximate surface area is 90.0 Å². The van der Waals surface area contributed by atoms with Crippen LogP contribution in [0.4, 0.5) is 0 Å². The molecule has 3 heteroatoms. The molecule has 0 bridgehead atoms. The van der Waals surface area contributed by atoms with Crippen LogP contribution in [-0.4, -0.2) is 15.8 Å². The van der Waals surface area contributed by atoms with E-state index in [9.17, 15) is 5.11 Å². The lowest BCUT2D eigenvalue weighted by molar-refractivity contribution is 0.105. The highest BCUT2D eigenvalue weighted by atomic mass is 16.3. The maximum absolute atomic E-state index is 10.0. The molecule has 0 aromatic carbocycles. The van der Waals surface area contributed by atoms with Crippen molar-refractivity contribution < 1.29 is 5.11 Å². The molecule has 3 nitrogen and oxygen atoms in total. The minimum absolute atomic E-state index is 0.0946. The number of aliphatic hydroxyl groups is 1. The van der Waals surface area contributed by atoms with Gasteiger partial charge in [0.2, 0.25) is 0 Å². The zero-order valence-electron chi connectivity index (χ0n) is 8.76.